The standard InChI is InChI=1S/C18H18N6O/c25-18(16-14-7-4-8-19-17(14)22-21-16)23-10-12-9-20-24(15(12)11-23)13-5-2-1-3-6-13/h1-3,5-6,9H,4,7-8,10-11H2,(H2,19,21,22). The van der Waals surface area contributed by atoms with Gasteiger partial charge in [-0.15, -0.1) is 0 Å². The lowest BCUT2D eigenvalue weighted by atomic mass is 10.1. The van der Waals surface area contributed by atoms with Crippen LogP contribution in [-0.4, -0.2) is 37.3 Å². The molecule has 25 heavy (non-hydrogen) atoms. The molecule has 2 aliphatic rings. The quantitative estimate of drug-likeness (QED) is 0.752. The van der Waals surface area contributed by atoms with Crippen LogP contribution in [-0.2, 0) is 19.5 Å². The molecular weight excluding hydrogens is 316 g/mol. The Bertz CT molecular complexity index is 942. The fourth-order valence-electron chi connectivity index (χ4n) is 3.65. The molecule has 0 fully saturated rings. The first-order valence-corrected chi connectivity index (χ1v) is 8.53. The monoisotopic (exact) mass is 334 g/mol. The third kappa shape index (κ3) is 2.23. The number of H-pyrrole nitrogens is 1. The maximum absolute atomic E-state index is 13.0. The lowest BCUT2D eigenvalue weighted by molar-refractivity contribution is 0.0741. The summed E-state index contributed by atoms with van der Waals surface area (Å²) in [5.41, 5.74) is 4.82. The van der Waals surface area contributed by atoms with Gasteiger partial charge in [0.2, 0.25) is 0 Å². The van der Waals surface area contributed by atoms with Gasteiger partial charge in [-0.25, -0.2) is 4.68 Å². The number of hydrogen-bond acceptors (Lipinski definition) is 4. The van der Waals surface area contributed by atoms with Gasteiger partial charge in [0.1, 0.15) is 5.69 Å². The third-order valence-electron chi connectivity index (χ3n) is 4.92. The van der Waals surface area contributed by atoms with Crippen molar-refractivity contribution in [1.29, 1.82) is 0 Å². The number of para-hydroxylation sites is 1. The minimum atomic E-state index is 0.00765. The Morgan fingerprint density at radius 1 is 1.16 bits per heavy atom. The van der Waals surface area contributed by atoms with Crippen LogP contribution in [0.5, 0.6) is 0 Å². The van der Waals surface area contributed by atoms with Crippen LogP contribution in [0.15, 0.2) is 36.5 Å². The van der Waals surface area contributed by atoms with E-state index in [1.54, 1.807) is 0 Å². The highest BCUT2D eigenvalue weighted by Crippen LogP contribution is 2.29. The van der Waals surface area contributed by atoms with E-state index < -0.39 is 0 Å². The lowest BCUT2D eigenvalue weighted by Crippen LogP contribution is -2.28. The molecule has 126 valence electrons. The Balaban J connectivity index is 1.43. The van der Waals surface area contributed by atoms with E-state index >= 15 is 0 Å². The summed E-state index contributed by atoms with van der Waals surface area (Å²) in [5.74, 6) is 0.829. The van der Waals surface area contributed by atoms with Crippen molar-refractivity contribution < 1.29 is 4.79 Å². The largest absolute Gasteiger partial charge is 0.368 e. The number of benzene rings is 1. The van der Waals surface area contributed by atoms with E-state index in [1.165, 1.54) is 0 Å². The van der Waals surface area contributed by atoms with Crippen LogP contribution in [0.2, 0.25) is 0 Å². The zero-order chi connectivity index (χ0) is 16.8. The van der Waals surface area contributed by atoms with E-state index in [1.807, 2.05) is 46.1 Å². The number of carbonyl (C=O) groups excluding carboxylic acids is 1. The summed E-state index contributed by atoms with van der Waals surface area (Å²) in [7, 11) is 0. The van der Waals surface area contributed by atoms with Crippen molar-refractivity contribution >= 4 is 11.7 Å². The predicted octanol–water partition coefficient (Wildman–Crippen LogP) is 2.11. The van der Waals surface area contributed by atoms with Gasteiger partial charge in [-0.1, -0.05) is 18.2 Å². The summed E-state index contributed by atoms with van der Waals surface area (Å²) >= 11 is 0. The van der Waals surface area contributed by atoms with E-state index in [9.17, 15) is 4.79 Å². The van der Waals surface area contributed by atoms with Gasteiger partial charge in [-0.05, 0) is 25.0 Å². The Morgan fingerprint density at radius 2 is 2.04 bits per heavy atom. The number of nitrogens with one attached hydrogen (secondary N) is 2. The summed E-state index contributed by atoms with van der Waals surface area (Å²) in [6.07, 6.45) is 3.77. The number of amides is 1. The Labute approximate surface area is 144 Å². The highest BCUT2D eigenvalue weighted by atomic mass is 16.2. The molecule has 0 spiro atoms. The van der Waals surface area contributed by atoms with Gasteiger partial charge in [0.15, 0.2) is 5.82 Å². The van der Waals surface area contributed by atoms with Crippen molar-refractivity contribution in [3.05, 3.63) is 59.0 Å². The number of aromatic amines is 1. The van der Waals surface area contributed by atoms with Crippen molar-refractivity contribution in [3.8, 4) is 5.69 Å². The Kier molecular flexibility index (Phi) is 3.12. The molecule has 3 aromatic rings. The second kappa shape index (κ2) is 5.47. The van der Waals surface area contributed by atoms with Crippen LogP contribution in [0.1, 0.15) is 33.7 Å². The molecule has 0 saturated heterocycles. The van der Waals surface area contributed by atoms with E-state index in [-0.39, 0.29) is 5.91 Å². The van der Waals surface area contributed by atoms with E-state index in [2.05, 4.69) is 20.6 Å². The first kappa shape index (κ1) is 14.3. The summed E-state index contributed by atoms with van der Waals surface area (Å²) in [6.45, 7) is 2.06. The molecule has 0 unspecified atom stereocenters. The molecule has 0 bridgehead atoms. The number of hydrogen-bond donors (Lipinski definition) is 2. The molecule has 0 saturated carbocycles. The van der Waals surface area contributed by atoms with Crippen LogP contribution in [0.4, 0.5) is 5.82 Å². The van der Waals surface area contributed by atoms with Crippen LogP contribution >= 0.6 is 0 Å². The maximum Gasteiger partial charge on any atom is 0.272 e. The third-order valence-corrected chi connectivity index (χ3v) is 4.92. The predicted molar refractivity (Wildman–Crippen MR) is 92.5 cm³/mol. The summed E-state index contributed by atoms with van der Waals surface area (Å²) in [4.78, 5) is 14.8. The van der Waals surface area contributed by atoms with Crippen molar-refractivity contribution in [2.45, 2.75) is 25.9 Å². The molecule has 2 aliphatic heterocycles. The fourth-order valence-corrected chi connectivity index (χ4v) is 3.65. The van der Waals surface area contributed by atoms with Gasteiger partial charge in [0.05, 0.1) is 24.1 Å². The number of aromatic nitrogens is 4. The number of rotatable bonds is 2. The Hall–Kier alpha value is -3.09. The topological polar surface area (TPSA) is 78.8 Å². The van der Waals surface area contributed by atoms with Crippen molar-refractivity contribution in [2.24, 2.45) is 0 Å². The second-order valence-corrected chi connectivity index (χ2v) is 6.48. The van der Waals surface area contributed by atoms with Crippen molar-refractivity contribution in [1.82, 2.24) is 24.9 Å². The molecule has 0 aliphatic carbocycles. The zero-order valence-electron chi connectivity index (χ0n) is 13.7. The second-order valence-electron chi connectivity index (χ2n) is 6.48. The van der Waals surface area contributed by atoms with Crippen molar-refractivity contribution in [3.63, 3.8) is 0 Å². The lowest BCUT2D eigenvalue weighted by Gasteiger charge is -2.18. The van der Waals surface area contributed by atoms with Gasteiger partial charge in [0, 0.05) is 24.2 Å². The summed E-state index contributed by atoms with van der Waals surface area (Å²) in [5, 5.41) is 14.9. The molecule has 7 heteroatoms. The molecule has 0 radical (unpaired) electrons. The van der Waals surface area contributed by atoms with Gasteiger partial charge in [0.25, 0.3) is 5.91 Å². The first-order chi connectivity index (χ1) is 12.3. The van der Waals surface area contributed by atoms with Crippen LogP contribution in [0.25, 0.3) is 5.69 Å². The maximum atomic E-state index is 13.0. The van der Waals surface area contributed by atoms with Crippen molar-refractivity contribution in [2.75, 3.05) is 11.9 Å². The molecule has 2 aromatic heterocycles. The summed E-state index contributed by atoms with van der Waals surface area (Å²) < 4.78 is 1.92. The average molecular weight is 334 g/mol. The molecule has 0 atom stereocenters. The van der Waals surface area contributed by atoms with Crippen LogP contribution in [0, 0.1) is 0 Å². The average Bonchev–Trinajstić information content (AvgIpc) is 3.35. The minimum Gasteiger partial charge on any atom is -0.368 e. The number of anilines is 1. The normalized spacial score (nSPS) is 15.6. The van der Waals surface area contributed by atoms with E-state index in [0.29, 0.717) is 18.8 Å². The zero-order valence-corrected chi connectivity index (χ0v) is 13.7. The smallest absolute Gasteiger partial charge is 0.272 e. The molecular formula is C18H18N6O. The Morgan fingerprint density at radius 3 is 2.92 bits per heavy atom. The van der Waals surface area contributed by atoms with Crippen LogP contribution in [0.3, 0.4) is 0 Å². The van der Waals surface area contributed by atoms with Gasteiger partial charge in [-0.3, -0.25) is 9.89 Å². The molecule has 7 nitrogen and oxygen atoms in total. The number of fused-ring (bicyclic) bond motifs is 2. The van der Waals surface area contributed by atoms with Gasteiger partial charge >= 0.3 is 0 Å². The molecule has 4 heterocycles. The molecule has 1 aromatic carbocycles. The molecule has 2 N–H and O–H groups in total. The first-order valence-electron chi connectivity index (χ1n) is 8.53. The van der Waals surface area contributed by atoms with Gasteiger partial charge < -0.3 is 10.2 Å². The molecule has 5 rings (SSSR count). The molecule has 1 amide bonds. The minimum absolute atomic E-state index is 0.00765. The van der Waals surface area contributed by atoms with E-state index in [0.717, 1.165) is 47.7 Å². The number of nitrogens with zero attached hydrogens (tertiary/aromatic N) is 4. The summed E-state index contributed by atoms with van der Waals surface area (Å²) in [6, 6.07) is 10.0. The van der Waals surface area contributed by atoms with Gasteiger partial charge in [-0.2, -0.15) is 10.2 Å². The number of carbonyl (C=O) groups is 1. The van der Waals surface area contributed by atoms with Crippen LogP contribution < -0.4 is 5.32 Å². The SMILES string of the molecule is O=C(c1[nH]nc2c1CCCN2)N1Cc2cnn(-c3ccccc3)c2C1. The highest BCUT2D eigenvalue weighted by Gasteiger charge is 2.31. The fraction of sp³-hybridized carbons (Fsp3) is 0.278. The van der Waals surface area contributed by atoms with E-state index in [4.69, 9.17) is 0 Å². The highest BCUT2D eigenvalue weighted by molar-refractivity contribution is 5.95.